The van der Waals surface area contributed by atoms with Crippen LogP contribution in [0.5, 0.6) is 0 Å². The Morgan fingerprint density at radius 3 is 2.52 bits per heavy atom. The van der Waals surface area contributed by atoms with Crippen molar-refractivity contribution in [3.63, 3.8) is 0 Å². The summed E-state index contributed by atoms with van der Waals surface area (Å²) in [7, 11) is 1.69. The predicted molar refractivity (Wildman–Crippen MR) is 104 cm³/mol. The summed E-state index contributed by atoms with van der Waals surface area (Å²) in [5, 5.41) is 21.0. The lowest BCUT2D eigenvalue weighted by atomic mass is 9.99. The van der Waals surface area contributed by atoms with E-state index in [0.29, 0.717) is 25.7 Å². The van der Waals surface area contributed by atoms with Crippen LogP contribution in [0.15, 0.2) is 46.1 Å². The molecule has 0 radical (unpaired) electrons. The highest BCUT2D eigenvalue weighted by Crippen LogP contribution is 2.21. The van der Waals surface area contributed by atoms with E-state index in [-0.39, 0.29) is 0 Å². The largest absolute Gasteiger partial charge is 0.384 e. The Morgan fingerprint density at radius 1 is 1.20 bits per heavy atom. The second-order valence-electron chi connectivity index (χ2n) is 6.08. The third-order valence-corrected chi connectivity index (χ3v) is 4.52. The van der Waals surface area contributed by atoms with Crippen LogP contribution in [0.1, 0.15) is 30.5 Å². The van der Waals surface area contributed by atoms with Crippen molar-refractivity contribution in [1.82, 2.24) is 10.6 Å². The van der Waals surface area contributed by atoms with Crippen molar-refractivity contribution >= 4 is 17.3 Å². The molecule has 0 fully saturated rings. The molecule has 2 rings (SSSR count). The molecule has 25 heavy (non-hydrogen) atoms. The molecule has 0 saturated carbocycles. The lowest BCUT2D eigenvalue weighted by Crippen LogP contribution is -2.44. The predicted octanol–water partition coefficient (Wildman–Crippen LogP) is 2.86. The molecule has 0 saturated heterocycles. The molecule has 0 bridgehead atoms. The van der Waals surface area contributed by atoms with Gasteiger partial charge in [-0.3, -0.25) is 0 Å². The van der Waals surface area contributed by atoms with Gasteiger partial charge in [0.1, 0.15) is 5.60 Å². The van der Waals surface area contributed by atoms with Crippen molar-refractivity contribution in [2.75, 3.05) is 20.2 Å². The summed E-state index contributed by atoms with van der Waals surface area (Å²) in [5.74, 6) is 0.693. The average molecular weight is 362 g/mol. The number of methoxy groups -OCH3 is 1. The van der Waals surface area contributed by atoms with Crippen molar-refractivity contribution in [2.24, 2.45) is 4.99 Å². The maximum absolute atomic E-state index is 10.6. The molecule has 1 heterocycles. The number of hydrogen-bond donors (Lipinski definition) is 3. The summed E-state index contributed by atoms with van der Waals surface area (Å²) in [6, 6.07) is 10.2. The van der Waals surface area contributed by atoms with E-state index < -0.39 is 5.60 Å². The molecule has 0 aliphatic carbocycles. The topological polar surface area (TPSA) is 65.9 Å². The molecule has 2 aromatic rings. The van der Waals surface area contributed by atoms with Crippen LogP contribution in [0.4, 0.5) is 0 Å². The molecule has 1 unspecified atom stereocenters. The van der Waals surface area contributed by atoms with Gasteiger partial charge in [0.05, 0.1) is 19.7 Å². The molecule has 0 amide bonds. The highest BCUT2D eigenvalue weighted by Gasteiger charge is 2.23. The van der Waals surface area contributed by atoms with Gasteiger partial charge in [-0.1, -0.05) is 24.3 Å². The molecule has 1 aromatic carbocycles. The van der Waals surface area contributed by atoms with Crippen molar-refractivity contribution in [3.8, 4) is 0 Å². The van der Waals surface area contributed by atoms with Crippen LogP contribution in [0.2, 0.25) is 0 Å². The summed E-state index contributed by atoms with van der Waals surface area (Å²) >= 11 is 1.58. The lowest BCUT2D eigenvalue weighted by molar-refractivity contribution is 0.0621. The third kappa shape index (κ3) is 6.16. The molecular formula is C19H27N3O2S. The number of hydrogen-bond acceptors (Lipinski definition) is 4. The molecule has 1 aromatic heterocycles. The zero-order valence-corrected chi connectivity index (χ0v) is 15.9. The molecule has 1 atom stereocenters. The number of aliphatic imine (C=N–C) groups is 1. The normalized spacial score (nSPS) is 14.2. The average Bonchev–Trinajstić information content (AvgIpc) is 3.14. The Bertz CT molecular complexity index is 652. The second kappa shape index (κ2) is 9.56. The number of guanidine groups is 1. The maximum atomic E-state index is 10.6. The number of benzene rings is 1. The SMILES string of the molecule is CCNC(=NCc1ccc(COC)cc1)NCC(C)(O)c1ccsc1. The highest BCUT2D eigenvalue weighted by molar-refractivity contribution is 7.08. The standard InChI is InChI=1S/C19H27N3O2S/c1-4-20-18(22-14-19(2,23)17-9-10-25-13-17)21-11-15-5-7-16(8-6-15)12-24-3/h5-10,13,23H,4,11-12,14H2,1-3H3,(H2,20,21,22). The lowest BCUT2D eigenvalue weighted by Gasteiger charge is -2.24. The molecule has 0 aliphatic rings. The summed E-state index contributed by atoms with van der Waals surface area (Å²) in [6.45, 7) is 6.17. The zero-order chi connectivity index (χ0) is 18.1. The Labute approximate surface area is 153 Å². The van der Waals surface area contributed by atoms with Crippen LogP contribution in [-0.2, 0) is 23.5 Å². The minimum Gasteiger partial charge on any atom is -0.384 e. The van der Waals surface area contributed by atoms with E-state index in [1.165, 1.54) is 0 Å². The minimum absolute atomic E-state index is 0.391. The number of rotatable bonds is 8. The van der Waals surface area contributed by atoms with Gasteiger partial charge in [0, 0.05) is 13.7 Å². The van der Waals surface area contributed by atoms with Crippen molar-refractivity contribution in [3.05, 3.63) is 57.8 Å². The van der Waals surface area contributed by atoms with E-state index in [1.54, 1.807) is 25.4 Å². The van der Waals surface area contributed by atoms with Gasteiger partial charge in [0.25, 0.3) is 0 Å². The van der Waals surface area contributed by atoms with Crippen LogP contribution < -0.4 is 10.6 Å². The number of nitrogens with one attached hydrogen (secondary N) is 2. The first-order valence-corrected chi connectivity index (χ1v) is 9.33. The fraction of sp³-hybridized carbons (Fsp3) is 0.421. The van der Waals surface area contributed by atoms with Gasteiger partial charge in [-0.05, 0) is 47.4 Å². The van der Waals surface area contributed by atoms with Gasteiger partial charge in [0.15, 0.2) is 5.96 Å². The molecule has 0 aliphatic heterocycles. The van der Waals surface area contributed by atoms with Gasteiger partial charge >= 0.3 is 0 Å². The second-order valence-corrected chi connectivity index (χ2v) is 6.86. The van der Waals surface area contributed by atoms with Crippen LogP contribution in [-0.4, -0.2) is 31.3 Å². The fourth-order valence-corrected chi connectivity index (χ4v) is 3.13. The zero-order valence-electron chi connectivity index (χ0n) is 15.1. The summed E-state index contributed by atoms with van der Waals surface area (Å²) < 4.78 is 5.12. The summed E-state index contributed by atoms with van der Waals surface area (Å²) in [4.78, 5) is 4.60. The van der Waals surface area contributed by atoms with E-state index in [2.05, 4.69) is 39.9 Å². The van der Waals surface area contributed by atoms with Gasteiger partial charge < -0.3 is 20.5 Å². The molecule has 136 valence electrons. The Morgan fingerprint density at radius 2 is 1.92 bits per heavy atom. The monoisotopic (exact) mass is 361 g/mol. The number of aliphatic hydroxyl groups is 1. The molecule has 3 N–H and O–H groups in total. The van der Waals surface area contributed by atoms with Crippen LogP contribution in [0.25, 0.3) is 0 Å². The van der Waals surface area contributed by atoms with Crippen LogP contribution >= 0.6 is 11.3 Å². The van der Waals surface area contributed by atoms with Crippen LogP contribution in [0.3, 0.4) is 0 Å². The van der Waals surface area contributed by atoms with E-state index in [1.807, 2.05) is 23.8 Å². The highest BCUT2D eigenvalue weighted by atomic mass is 32.1. The van der Waals surface area contributed by atoms with E-state index in [0.717, 1.165) is 23.2 Å². The van der Waals surface area contributed by atoms with E-state index in [9.17, 15) is 5.11 Å². The summed E-state index contributed by atoms with van der Waals surface area (Å²) in [5.41, 5.74) is 2.25. The van der Waals surface area contributed by atoms with Crippen molar-refractivity contribution < 1.29 is 9.84 Å². The van der Waals surface area contributed by atoms with E-state index >= 15 is 0 Å². The number of nitrogens with zero attached hydrogens (tertiary/aromatic N) is 1. The Kier molecular flexibility index (Phi) is 7.43. The fourth-order valence-electron chi connectivity index (χ4n) is 2.35. The number of thiophene rings is 1. The Hall–Kier alpha value is -1.89. The van der Waals surface area contributed by atoms with Crippen molar-refractivity contribution in [2.45, 2.75) is 32.6 Å². The van der Waals surface area contributed by atoms with Crippen molar-refractivity contribution in [1.29, 1.82) is 0 Å². The van der Waals surface area contributed by atoms with Crippen LogP contribution in [0, 0.1) is 0 Å². The first kappa shape index (κ1) is 19.4. The van der Waals surface area contributed by atoms with Gasteiger partial charge in [-0.2, -0.15) is 11.3 Å². The smallest absolute Gasteiger partial charge is 0.191 e. The van der Waals surface area contributed by atoms with Gasteiger partial charge in [-0.25, -0.2) is 4.99 Å². The molecule has 0 spiro atoms. The first-order chi connectivity index (χ1) is 12.0. The van der Waals surface area contributed by atoms with Gasteiger partial charge in [0.2, 0.25) is 0 Å². The molecule has 6 heteroatoms. The van der Waals surface area contributed by atoms with Gasteiger partial charge in [-0.15, -0.1) is 0 Å². The first-order valence-electron chi connectivity index (χ1n) is 8.39. The quantitative estimate of drug-likeness (QED) is 0.500. The summed E-state index contributed by atoms with van der Waals surface area (Å²) in [6.07, 6.45) is 0. The molecule has 5 nitrogen and oxygen atoms in total. The third-order valence-electron chi connectivity index (χ3n) is 3.84. The Balaban J connectivity index is 1.95. The van der Waals surface area contributed by atoms with E-state index in [4.69, 9.17) is 4.74 Å². The maximum Gasteiger partial charge on any atom is 0.191 e. The minimum atomic E-state index is -0.933. The number of ether oxygens (including phenoxy) is 1. The molecular weight excluding hydrogens is 334 g/mol.